The number of unbranched alkanes of at least 4 members (excludes halogenated alkanes) is 5. The number of fused-ring (bicyclic) bond motifs is 3. The molecule has 23 heavy (non-hydrogen) atoms. The predicted molar refractivity (Wildman–Crippen MR) is 94.6 cm³/mol. The summed E-state index contributed by atoms with van der Waals surface area (Å²) in [6, 6.07) is 14.8. The Kier molecular flexibility index (Phi) is 5.71. The standard InChI is InChI=1S/C21H26O2/c1-2-3-4-5-6-9-15-22-23-21-14-10-13-19-18-12-8-7-11-17(18)16-20(19)21/h7-8,10-14H,2-6,9,15-16H2,1H3. The molecule has 2 nitrogen and oxygen atoms in total. The van der Waals surface area contributed by atoms with Crippen LogP contribution in [0.3, 0.4) is 0 Å². The molecule has 0 aromatic heterocycles. The summed E-state index contributed by atoms with van der Waals surface area (Å²) in [5.41, 5.74) is 5.22. The summed E-state index contributed by atoms with van der Waals surface area (Å²) in [7, 11) is 0. The lowest BCUT2D eigenvalue weighted by atomic mass is 10.1. The highest BCUT2D eigenvalue weighted by atomic mass is 17.2. The molecule has 0 radical (unpaired) electrons. The molecular weight excluding hydrogens is 284 g/mol. The fourth-order valence-corrected chi connectivity index (χ4v) is 3.25. The van der Waals surface area contributed by atoms with Gasteiger partial charge in [0.1, 0.15) is 0 Å². The molecule has 0 atom stereocenters. The van der Waals surface area contributed by atoms with E-state index in [2.05, 4.69) is 37.3 Å². The molecule has 0 heterocycles. The zero-order chi connectivity index (χ0) is 15.9. The van der Waals surface area contributed by atoms with E-state index in [1.54, 1.807) is 0 Å². The molecule has 2 aromatic carbocycles. The molecule has 1 aliphatic carbocycles. The van der Waals surface area contributed by atoms with Gasteiger partial charge >= 0.3 is 0 Å². The van der Waals surface area contributed by atoms with Gasteiger partial charge in [-0.1, -0.05) is 75.4 Å². The summed E-state index contributed by atoms with van der Waals surface area (Å²) in [5.74, 6) is 0.865. The van der Waals surface area contributed by atoms with Crippen molar-refractivity contribution in [3.8, 4) is 16.9 Å². The molecule has 1 aliphatic rings. The van der Waals surface area contributed by atoms with Crippen LogP contribution in [0.1, 0.15) is 56.6 Å². The average molecular weight is 310 g/mol. The third-order valence-corrected chi connectivity index (χ3v) is 4.54. The molecule has 2 heteroatoms. The lowest BCUT2D eigenvalue weighted by molar-refractivity contribution is -0.207. The van der Waals surface area contributed by atoms with Crippen LogP contribution >= 0.6 is 0 Å². The Labute approximate surface area is 139 Å². The van der Waals surface area contributed by atoms with E-state index >= 15 is 0 Å². The predicted octanol–water partition coefficient (Wildman–Crippen LogP) is 5.93. The van der Waals surface area contributed by atoms with Gasteiger partial charge < -0.3 is 4.89 Å². The lowest BCUT2D eigenvalue weighted by Crippen LogP contribution is -2.01. The van der Waals surface area contributed by atoms with Gasteiger partial charge in [0.2, 0.25) is 0 Å². The van der Waals surface area contributed by atoms with Gasteiger partial charge in [0.25, 0.3) is 0 Å². The van der Waals surface area contributed by atoms with Gasteiger partial charge in [-0.15, -0.1) is 0 Å². The van der Waals surface area contributed by atoms with E-state index in [0.29, 0.717) is 6.61 Å². The minimum atomic E-state index is 0.669. The number of hydrogen-bond acceptors (Lipinski definition) is 2. The van der Waals surface area contributed by atoms with Crippen LogP contribution in [-0.4, -0.2) is 6.61 Å². The molecule has 122 valence electrons. The maximum atomic E-state index is 5.61. The zero-order valence-corrected chi connectivity index (χ0v) is 14.0. The quantitative estimate of drug-likeness (QED) is 0.277. The van der Waals surface area contributed by atoms with Crippen molar-refractivity contribution in [1.82, 2.24) is 0 Å². The Morgan fingerprint density at radius 3 is 2.52 bits per heavy atom. The van der Waals surface area contributed by atoms with E-state index in [4.69, 9.17) is 9.78 Å². The van der Waals surface area contributed by atoms with Gasteiger partial charge in [-0.2, -0.15) is 4.89 Å². The first-order valence-electron chi connectivity index (χ1n) is 8.90. The summed E-state index contributed by atoms with van der Waals surface area (Å²) < 4.78 is 0. The molecular formula is C21H26O2. The first-order valence-corrected chi connectivity index (χ1v) is 8.90. The molecule has 0 N–H and O–H groups in total. The highest BCUT2D eigenvalue weighted by molar-refractivity contribution is 5.78. The maximum absolute atomic E-state index is 5.61. The fraction of sp³-hybridized carbons (Fsp3) is 0.429. The topological polar surface area (TPSA) is 18.5 Å². The highest BCUT2D eigenvalue weighted by Crippen LogP contribution is 2.40. The summed E-state index contributed by atoms with van der Waals surface area (Å²) in [4.78, 5) is 11.1. The van der Waals surface area contributed by atoms with Crippen molar-refractivity contribution in [2.75, 3.05) is 6.61 Å². The summed E-state index contributed by atoms with van der Waals surface area (Å²) in [5, 5.41) is 0. The zero-order valence-electron chi connectivity index (χ0n) is 14.0. The van der Waals surface area contributed by atoms with Crippen LogP contribution in [0.25, 0.3) is 11.1 Å². The van der Waals surface area contributed by atoms with Crippen molar-refractivity contribution >= 4 is 0 Å². The van der Waals surface area contributed by atoms with Gasteiger partial charge in [0.15, 0.2) is 5.75 Å². The van der Waals surface area contributed by atoms with E-state index in [1.165, 1.54) is 54.4 Å². The van der Waals surface area contributed by atoms with Crippen molar-refractivity contribution in [2.24, 2.45) is 0 Å². The van der Waals surface area contributed by atoms with Crippen LogP contribution < -0.4 is 4.89 Å². The summed E-state index contributed by atoms with van der Waals surface area (Å²) in [6.45, 7) is 2.91. The molecule has 0 spiro atoms. The molecule has 0 fully saturated rings. The molecule has 0 saturated carbocycles. The number of hydrogen-bond donors (Lipinski definition) is 0. The monoisotopic (exact) mass is 310 g/mol. The number of rotatable bonds is 9. The van der Waals surface area contributed by atoms with Crippen LogP contribution in [0.4, 0.5) is 0 Å². The van der Waals surface area contributed by atoms with Crippen molar-refractivity contribution in [1.29, 1.82) is 0 Å². The smallest absolute Gasteiger partial charge is 0.169 e. The van der Waals surface area contributed by atoms with E-state index in [9.17, 15) is 0 Å². The molecule has 3 rings (SSSR count). The Balaban J connectivity index is 1.49. The SMILES string of the molecule is CCCCCCCCOOc1cccc2c1Cc1ccccc1-2. The van der Waals surface area contributed by atoms with E-state index in [-0.39, 0.29) is 0 Å². The largest absolute Gasteiger partial charge is 0.337 e. The minimum absolute atomic E-state index is 0.669. The molecule has 0 bridgehead atoms. The van der Waals surface area contributed by atoms with E-state index < -0.39 is 0 Å². The van der Waals surface area contributed by atoms with Crippen molar-refractivity contribution < 1.29 is 9.78 Å². The van der Waals surface area contributed by atoms with Crippen LogP contribution in [0.5, 0.6) is 5.75 Å². The third-order valence-electron chi connectivity index (χ3n) is 4.54. The minimum Gasteiger partial charge on any atom is -0.337 e. The van der Waals surface area contributed by atoms with Gasteiger partial charge in [-0.3, -0.25) is 0 Å². The van der Waals surface area contributed by atoms with Crippen molar-refractivity contribution in [3.05, 3.63) is 53.6 Å². The molecule has 0 saturated heterocycles. The molecule has 0 aliphatic heterocycles. The normalized spacial score (nSPS) is 12.0. The second kappa shape index (κ2) is 8.16. The summed E-state index contributed by atoms with van der Waals surface area (Å²) >= 11 is 0. The van der Waals surface area contributed by atoms with Crippen LogP contribution in [0.2, 0.25) is 0 Å². The van der Waals surface area contributed by atoms with Gasteiger partial charge in [0.05, 0.1) is 6.61 Å². The van der Waals surface area contributed by atoms with Gasteiger partial charge in [-0.25, -0.2) is 0 Å². The van der Waals surface area contributed by atoms with Crippen LogP contribution in [-0.2, 0) is 11.3 Å². The van der Waals surface area contributed by atoms with Gasteiger partial charge in [0, 0.05) is 12.0 Å². The fourth-order valence-electron chi connectivity index (χ4n) is 3.25. The van der Waals surface area contributed by atoms with Gasteiger partial charge in [-0.05, 0) is 29.2 Å². The van der Waals surface area contributed by atoms with E-state index in [1.807, 2.05) is 12.1 Å². The Morgan fingerprint density at radius 1 is 0.826 bits per heavy atom. The Hall–Kier alpha value is -1.80. The number of benzene rings is 2. The molecule has 0 unspecified atom stereocenters. The van der Waals surface area contributed by atoms with Crippen LogP contribution in [0, 0.1) is 0 Å². The second-order valence-corrected chi connectivity index (χ2v) is 6.29. The Morgan fingerprint density at radius 2 is 1.61 bits per heavy atom. The molecule has 0 amide bonds. The second-order valence-electron chi connectivity index (χ2n) is 6.29. The van der Waals surface area contributed by atoms with Crippen molar-refractivity contribution in [3.63, 3.8) is 0 Å². The third kappa shape index (κ3) is 3.94. The summed E-state index contributed by atoms with van der Waals surface area (Å²) in [6.07, 6.45) is 8.49. The van der Waals surface area contributed by atoms with Crippen molar-refractivity contribution in [2.45, 2.75) is 51.9 Å². The lowest BCUT2D eigenvalue weighted by Gasteiger charge is -2.09. The maximum Gasteiger partial charge on any atom is 0.169 e. The average Bonchev–Trinajstić information content (AvgIpc) is 2.97. The first kappa shape index (κ1) is 16.1. The Bertz CT molecular complexity index is 633. The highest BCUT2D eigenvalue weighted by Gasteiger charge is 2.21. The first-order chi connectivity index (χ1) is 11.4. The van der Waals surface area contributed by atoms with Crippen LogP contribution in [0.15, 0.2) is 42.5 Å². The van der Waals surface area contributed by atoms with E-state index in [0.717, 1.165) is 18.6 Å². The molecule has 2 aromatic rings.